The van der Waals surface area contributed by atoms with E-state index in [1.807, 2.05) is 30.3 Å². The Morgan fingerprint density at radius 2 is 1.92 bits per heavy atom. The second kappa shape index (κ2) is 8.40. The molecule has 3 rings (SSSR count). The van der Waals surface area contributed by atoms with Crippen LogP contribution in [0.5, 0.6) is 5.75 Å². The number of nitrogens with zero attached hydrogens (tertiary/aromatic N) is 2. The number of hydrogen-bond acceptors (Lipinski definition) is 5. The molecule has 1 aromatic heterocycles. The second-order valence-electron chi connectivity index (χ2n) is 5.65. The first-order valence-electron chi connectivity index (χ1n) is 7.88. The van der Waals surface area contributed by atoms with Crippen molar-refractivity contribution in [2.45, 2.75) is 19.3 Å². The fourth-order valence-corrected chi connectivity index (χ4v) is 3.05. The zero-order valence-corrected chi connectivity index (χ0v) is 15.6. The van der Waals surface area contributed by atoms with E-state index in [9.17, 15) is 8.76 Å². The minimum absolute atomic E-state index is 0.214. The molecule has 3 aromatic rings. The van der Waals surface area contributed by atoms with Crippen LogP contribution in [0.2, 0.25) is 5.02 Å². The molecule has 1 atom stereocenters. The van der Waals surface area contributed by atoms with Gasteiger partial charge in [0, 0.05) is 28.0 Å². The van der Waals surface area contributed by atoms with Crippen LogP contribution in [0.1, 0.15) is 17.1 Å². The van der Waals surface area contributed by atoms with Crippen molar-refractivity contribution in [3.63, 3.8) is 0 Å². The maximum Gasteiger partial charge on any atom is 0.139 e. The molecular weight excluding hydrogens is 372 g/mol. The smallest absolute Gasteiger partial charge is 0.139 e. The molecule has 0 aliphatic carbocycles. The summed E-state index contributed by atoms with van der Waals surface area (Å²) in [6.45, 7) is 2.22. The lowest BCUT2D eigenvalue weighted by molar-refractivity contribution is 0.307. The van der Waals surface area contributed by atoms with Gasteiger partial charge in [0.1, 0.15) is 18.2 Å². The molecule has 2 aromatic carbocycles. The maximum absolute atomic E-state index is 10.8. The Kier molecular flexibility index (Phi) is 5.98. The van der Waals surface area contributed by atoms with Crippen LogP contribution < -0.4 is 4.74 Å². The van der Waals surface area contributed by atoms with Crippen LogP contribution in [0.3, 0.4) is 0 Å². The predicted octanol–water partition coefficient (Wildman–Crippen LogP) is 4.06. The molecule has 1 heterocycles. The van der Waals surface area contributed by atoms with E-state index in [1.165, 1.54) is 0 Å². The van der Waals surface area contributed by atoms with Crippen LogP contribution >= 0.6 is 11.6 Å². The van der Waals surface area contributed by atoms with Gasteiger partial charge in [-0.15, -0.1) is 0 Å². The van der Waals surface area contributed by atoms with Crippen molar-refractivity contribution in [1.82, 2.24) is 9.97 Å². The Hall–Kier alpha value is -2.28. The summed E-state index contributed by atoms with van der Waals surface area (Å²) >= 11 is 3.93. The van der Waals surface area contributed by atoms with E-state index in [4.69, 9.17) is 16.3 Å². The van der Waals surface area contributed by atoms with Crippen molar-refractivity contribution < 1.29 is 13.5 Å². The Morgan fingerprint density at radius 3 is 2.62 bits per heavy atom. The van der Waals surface area contributed by atoms with Gasteiger partial charge in [-0.3, -0.25) is 4.21 Å². The average Bonchev–Trinajstić information content (AvgIpc) is 2.61. The van der Waals surface area contributed by atoms with E-state index in [0.717, 1.165) is 16.7 Å². The van der Waals surface area contributed by atoms with Gasteiger partial charge in [-0.2, -0.15) is 0 Å². The van der Waals surface area contributed by atoms with Crippen molar-refractivity contribution in [1.29, 1.82) is 0 Å². The topological polar surface area (TPSA) is 75.1 Å². The lowest BCUT2D eigenvalue weighted by Crippen LogP contribution is -2.03. The van der Waals surface area contributed by atoms with Crippen LogP contribution in [-0.4, -0.2) is 18.7 Å². The van der Waals surface area contributed by atoms with Gasteiger partial charge in [-0.05, 0) is 41.8 Å². The average molecular weight is 388 g/mol. The highest BCUT2D eigenvalue weighted by atomic mass is 35.5. The quantitative estimate of drug-likeness (QED) is 0.596. The molecule has 0 bridgehead atoms. The van der Waals surface area contributed by atoms with Crippen molar-refractivity contribution >= 4 is 22.7 Å². The zero-order chi connectivity index (χ0) is 18.5. The standard InChI is InChI=1S/C19H17ClN2O3S/c1-13-17(10-21-19(22-13)12-26(23)24)16-9-15(20)7-8-18(16)25-11-14-5-3-2-4-6-14/h2-10H,11-12H2,1H3,(H,23,24)/p-1. The highest BCUT2D eigenvalue weighted by Gasteiger charge is 2.13. The fraction of sp³-hybridized carbons (Fsp3) is 0.158. The summed E-state index contributed by atoms with van der Waals surface area (Å²) in [7, 11) is 0. The van der Waals surface area contributed by atoms with Gasteiger partial charge in [0.15, 0.2) is 0 Å². The molecule has 7 heteroatoms. The Balaban J connectivity index is 1.91. The number of hydrogen-bond donors (Lipinski definition) is 0. The molecule has 0 aliphatic heterocycles. The fourth-order valence-electron chi connectivity index (χ4n) is 2.53. The summed E-state index contributed by atoms with van der Waals surface area (Å²) in [5, 5.41) is 0.566. The molecule has 0 spiro atoms. The molecule has 0 amide bonds. The minimum Gasteiger partial charge on any atom is -0.772 e. The van der Waals surface area contributed by atoms with E-state index in [1.54, 1.807) is 31.3 Å². The molecule has 0 radical (unpaired) electrons. The lowest BCUT2D eigenvalue weighted by Gasteiger charge is -2.14. The number of ether oxygens (including phenoxy) is 1. The number of rotatable bonds is 6. The zero-order valence-electron chi connectivity index (χ0n) is 14.0. The van der Waals surface area contributed by atoms with Gasteiger partial charge in [0.25, 0.3) is 0 Å². The van der Waals surface area contributed by atoms with E-state index in [2.05, 4.69) is 9.97 Å². The Morgan fingerprint density at radius 1 is 1.15 bits per heavy atom. The largest absolute Gasteiger partial charge is 0.772 e. The van der Waals surface area contributed by atoms with Gasteiger partial charge in [-0.25, -0.2) is 9.97 Å². The summed E-state index contributed by atoms with van der Waals surface area (Å²) in [6, 6.07) is 15.2. The summed E-state index contributed by atoms with van der Waals surface area (Å²) < 4.78 is 27.6. The molecule has 0 saturated carbocycles. The van der Waals surface area contributed by atoms with Gasteiger partial charge < -0.3 is 9.29 Å². The minimum atomic E-state index is -2.23. The Bertz CT molecular complexity index is 935. The van der Waals surface area contributed by atoms with Crippen molar-refractivity contribution in [2.75, 3.05) is 0 Å². The third-order valence-corrected chi connectivity index (χ3v) is 4.47. The van der Waals surface area contributed by atoms with E-state index >= 15 is 0 Å². The maximum atomic E-state index is 10.8. The monoisotopic (exact) mass is 387 g/mol. The molecule has 1 unspecified atom stereocenters. The third kappa shape index (κ3) is 4.66. The van der Waals surface area contributed by atoms with Crippen molar-refractivity contribution in [3.05, 3.63) is 76.8 Å². The lowest BCUT2D eigenvalue weighted by atomic mass is 10.0. The summed E-state index contributed by atoms with van der Waals surface area (Å²) in [4.78, 5) is 8.42. The van der Waals surface area contributed by atoms with Crippen molar-refractivity contribution in [2.24, 2.45) is 0 Å². The molecule has 0 fully saturated rings. The first-order valence-corrected chi connectivity index (χ1v) is 9.50. The van der Waals surface area contributed by atoms with E-state index < -0.39 is 11.1 Å². The Labute approximate surface area is 159 Å². The molecular formula is C19H16ClN2O3S-. The second-order valence-corrected chi connectivity index (χ2v) is 6.98. The third-order valence-electron chi connectivity index (χ3n) is 3.75. The summed E-state index contributed by atoms with van der Waals surface area (Å²) in [6.07, 6.45) is 1.60. The number of aromatic nitrogens is 2. The SMILES string of the molecule is Cc1nc(CS(=O)[O-])ncc1-c1cc(Cl)ccc1OCc1ccccc1. The predicted molar refractivity (Wildman–Crippen MR) is 101 cm³/mol. The summed E-state index contributed by atoms with van der Waals surface area (Å²) in [5.74, 6) is 0.701. The molecule has 0 N–H and O–H groups in total. The van der Waals surface area contributed by atoms with E-state index in [0.29, 0.717) is 23.1 Å². The summed E-state index contributed by atoms with van der Waals surface area (Å²) in [5.41, 5.74) is 3.22. The van der Waals surface area contributed by atoms with Crippen molar-refractivity contribution in [3.8, 4) is 16.9 Å². The van der Waals surface area contributed by atoms with Crippen LogP contribution in [0, 0.1) is 6.92 Å². The first kappa shape index (κ1) is 18.5. The highest BCUT2D eigenvalue weighted by molar-refractivity contribution is 7.78. The highest BCUT2D eigenvalue weighted by Crippen LogP contribution is 2.34. The van der Waals surface area contributed by atoms with Crippen LogP contribution in [0.25, 0.3) is 11.1 Å². The molecule has 26 heavy (non-hydrogen) atoms. The van der Waals surface area contributed by atoms with E-state index in [-0.39, 0.29) is 11.6 Å². The van der Waals surface area contributed by atoms with Gasteiger partial charge >= 0.3 is 0 Å². The van der Waals surface area contributed by atoms with Crippen LogP contribution in [-0.2, 0) is 23.4 Å². The molecule has 134 valence electrons. The van der Waals surface area contributed by atoms with Gasteiger partial charge in [0.05, 0.1) is 5.75 Å². The van der Waals surface area contributed by atoms with Gasteiger partial charge in [0.2, 0.25) is 0 Å². The van der Waals surface area contributed by atoms with Crippen LogP contribution in [0.15, 0.2) is 54.7 Å². The first-order chi connectivity index (χ1) is 12.5. The van der Waals surface area contributed by atoms with Crippen LogP contribution in [0.4, 0.5) is 0 Å². The normalized spacial score (nSPS) is 12.0. The molecule has 0 aliphatic rings. The molecule has 5 nitrogen and oxygen atoms in total. The number of halogens is 1. The number of benzene rings is 2. The van der Waals surface area contributed by atoms with Gasteiger partial charge in [-0.1, -0.05) is 41.9 Å². The molecule has 0 saturated heterocycles. The number of aryl methyl sites for hydroxylation is 1.